The summed E-state index contributed by atoms with van der Waals surface area (Å²) in [6, 6.07) is 7.04. The number of nitrogens with zero attached hydrogens (tertiary/aromatic N) is 1. The van der Waals surface area contributed by atoms with Crippen LogP contribution >= 0.6 is 11.3 Å². The lowest BCUT2D eigenvalue weighted by Gasteiger charge is -2.17. The van der Waals surface area contributed by atoms with Gasteiger partial charge in [0.2, 0.25) is 5.91 Å². The molecule has 2 atom stereocenters. The second-order valence-corrected chi connectivity index (χ2v) is 6.34. The predicted octanol–water partition coefficient (Wildman–Crippen LogP) is 1.85. The Balaban J connectivity index is 1.89. The molecule has 2 aromatic rings. The third kappa shape index (κ3) is 4.29. The van der Waals surface area contributed by atoms with Crippen LogP contribution in [0.3, 0.4) is 0 Å². The number of nitrogens with one attached hydrogen (secondary N) is 1. The van der Waals surface area contributed by atoms with Crippen LogP contribution in [0.2, 0.25) is 0 Å². The smallest absolute Gasteiger partial charge is 0.253 e. The Hall–Kier alpha value is -1.92. The highest BCUT2D eigenvalue weighted by molar-refractivity contribution is 7.10. The number of amides is 1. The first-order chi connectivity index (χ1) is 10.5. The van der Waals surface area contributed by atoms with Crippen LogP contribution < -0.4 is 10.9 Å². The van der Waals surface area contributed by atoms with Crippen molar-refractivity contribution >= 4 is 17.2 Å². The summed E-state index contributed by atoms with van der Waals surface area (Å²) in [5, 5.41) is 14.8. The number of carbonyl (C=O) groups excluding carboxylic acids is 1. The Morgan fingerprint density at radius 2 is 2.18 bits per heavy atom. The topological polar surface area (TPSA) is 71.3 Å². The van der Waals surface area contributed by atoms with Gasteiger partial charge in [-0.3, -0.25) is 9.59 Å². The largest absolute Gasteiger partial charge is 0.387 e. The molecule has 0 aliphatic heterocycles. The molecular weight excluding hydrogens is 300 g/mol. The van der Waals surface area contributed by atoms with Crippen LogP contribution in [0.1, 0.15) is 29.9 Å². The van der Waals surface area contributed by atoms with E-state index < -0.39 is 6.10 Å². The van der Waals surface area contributed by atoms with Crippen molar-refractivity contribution in [2.45, 2.75) is 39.0 Å². The van der Waals surface area contributed by atoms with E-state index in [1.165, 1.54) is 15.9 Å². The normalized spacial score (nSPS) is 13.6. The van der Waals surface area contributed by atoms with Crippen molar-refractivity contribution in [1.82, 2.24) is 9.88 Å². The standard InChI is InChI=1S/C16H20N2O3S/c1-11-5-3-7-18(16(11)21)10-15(20)17-12(2)9-13(19)14-6-4-8-22-14/h3-8,12-13,19H,9-10H2,1-2H3,(H,17,20). The third-order valence-electron chi connectivity index (χ3n) is 3.38. The number of pyridine rings is 1. The maximum absolute atomic E-state index is 12.0. The minimum Gasteiger partial charge on any atom is -0.387 e. The Bertz CT molecular complexity index is 679. The van der Waals surface area contributed by atoms with Crippen LogP contribution in [0.15, 0.2) is 40.6 Å². The highest BCUT2D eigenvalue weighted by atomic mass is 32.1. The van der Waals surface area contributed by atoms with Crippen LogP contribution in [0.4, 0.5) is 0 Å². The molecule has 0 aromatic carbocycles. The summed E-state index contributed by atoms with van der Waals surface area (Å²) < 4.78 is 1.38. The molecular formula is C16H20N2O3S. The summed E-state index contributed by atoms with van der Waals surface area (Å²) >= 11 is 1.49. The molecule has 2 aromatic heterocycles. The van der Waals surface area contributed by atoms with Crippen LogP contribution in [0.5, 0.6) is 0 Å². The van der Waals surface area contributed by atoms with E-state index in [2.05, 4.69) is 5.32 Å². The Morgan fingerprint density at radius 1 is 1.41 bits per heavy atom. The third-order valence-corrected chi connectivity index (χ3v) is 4.35. The van der Waals surface area contributed by atoms with Gasteiger partial charge in [-0.25, -0.2) is 0 Å². The van der Waals surface area contributed by atoms with Gasteiger partial charge in [-0.15, -0.1) is 11.3 Å². The number of rotatable bonds is 6. The molecule has 22 heavy (non-hydrogen) atoms. The molecule has 2 N–H and O–H groups in total. The summed E-state index contributed by atoms with van der Waals surface area (Å²) in [5.74, 6) is -0.237. The van der Waals surface area contributed by atoms with Crippen LogP contribution in [-0.4, -0.2) is 21.6 Å². The Labute approximate surface area is 133 Å². The van der Waals surface area contributed by atoms with E-state index in [9.17, 15) is 14.7 Å². The van der Waals surface area contributed by atoms with E-state index in [4.69, 9.17) is 0 Å². The maximum Gasteiger partial charge on any atom is 0.253 e. The van der Waals surface area contributed by atoms with Gasteiger partial charge in [-0.2, -0.15) is 0 Å². The number of aryl methyl sites for hydroxylation is 1. The van der Waals surface area contributed by atoms with E-state index in [0.29, 0.717) is 12.0 Å². The van der Waals surface area contributed by atoms with Crippen molar-refractivity contribution in [2.75, 3.05) is 0 Å². The van der Waals surface area contributed by atoms with Gasteiger partial charge >= 0.3 is 0 Å². The molecule has 0 saturated carbocycles. The van der Waals surface area contributed by atoms with Crippen LogP contribution in [0, 0.1) is 6.92 Å². The van der Waals surface area contributed by atoms with Gasteiger partial charge < -0.3 is 15.0 Å². The lowest BCUT2D eigenvalue weighted by Crippen LogP contribution is -2.38. The van der Waals surface area contributed by atoms with E-state index >= 15 is 0 Å². The first kappa shape index (κ1) is 16.5. The molecule has 2 rings (SSSR count). The zero-order chi connectivity index (χ0) is 16.1. The first-order valence-electron chi connectivity index (χ1n) is 7.14. The summed E-state index contributed by atoms with van der Waals surface area (Å²) in [6.07, 6.45) is 1.45. The lowest BCUT2D eigenvalue weighted by molar-refractivity contribution is -0.122. The molecule has 118 valence electrons. The molecule has 1 amide bonds. The van der Waals surface area contributed by atoms with Crippen molar-refractivity contribution in [2.24, 2.45) is 0 Å². The second kappa shape index (κ2) is 7.38. The molecule has 0 bridgehead atoms. The van der Waals surface area contributed by atoms with Gasteiger partial charge in [-0.1, -0.05) is 12.1 Å². The van der Waals surface area contributed by atoms with Gasteiger partial charge in [0.05, 0.1) is 6.10 Å². The number of aliphatic hydroxyl groups excluding tert-OH is 1. The van der Waals surface area contributed by atoms with Crippen molar-refractivity contribution < 1.29 is 9.90 Å². The van der Waals surface area contributed by atoms with Gasteiger partial charge in [-0.05, 0) is 37.8 Å². The van der Waals surface area contributed by atoms with Crippen LogP contribution in [0.25, 0.3) is 0 Å². The van der Waals surface area contributed by atoms with Crippen molar-refractivity contribution in [3.8, 4) is 0 Å². The fourth-order valence-corrected chi connectivity index (χ4v) is 2.97. The summed E-state index contributed by atoms with van der Waals surface area (Å²) in [7, 11) is 0. The van der Waals surface area contributed by atoms with Gasteiger partial charge in [0.15, 0.2) is 0 Å². The van der Waals surface area contributed by atoms with E-state index in [1.54, 1.807) is 25.3 Å². The lowest BCUT2D eigenvalue weighted by atomic mass is 10.1. The minimum absolute atomic E-state index is 0.0139. The molecule has 0 saturated heterocycles. The molecule has 2 heterocycles. The van der Waals surface area contributed by atoms with Crippen molar-refractivity contribution in [1.29, 1.82) is 0 Å². The molecule has 0 aliphatic rings. The number of carbonyl (C=O) groups is 1. The molecule has 0 aliphatic carbocycles. The van der Waals surface area contributed by atoms with E-state index in [-0.39, 0.29) is 24.1 Å². The quantitative estimate of drug-likeness (QED) is 0.853. The molecule has 0 radical (unpaired) electrons. The van der Waals surface area contributed by atoms with Gasteiger partial charge in [0, 0.05) is 22.7 Å². The second-order valence-electron chi connectivity index (χ2n) is 5.36. The minimum atomic E-state index is -0.586. The fraction of sp³-hybridized carbons (Fsp3) is 0.375. The Kier molecular flexibility index (Phi) is 5.51. The zero-order valence-electron chi connectivity index (χ0n) is 12.7. The number of hydrogen-bond acceptors (Lipinski definition) is 4. The average molecular weight is 320 g/mol. The summed E-state index contributed by atoms with van der Waals surface area (Å²) in [4.78, 5) is 24.8. The first-order valence-corrected chi connectivity index (χ1v) is 8.02. The average Bonchev–Trinajstić information content (AvgIpc) is 2.97. The van der Waals surface area contributed by atoms with Gasteiger partial charge in [0.25, 0.3) is 5.56 Å². The highest BCUT2D eigenvalue weighted by Gasteiger charge is 2.15. The molecule has 0 spiro atoms. The van der Waals surface area contributed by atoms with Crippen LogP contribution in [-0.2, 0) is 11.3 Å². The van der Waals surface area contributed by atoms with E-state index in [1.807, 2.05) is 24.4 Å². The molecule has 0 fully saturated rings. The molecule has 2 unspecified atom stereocenters. The van der Waals surface area contributed by atoms with E-state index in [0.717, 1.165) is 4.88 Å². The Morgan fingerprint density at radius 3 is 2.86 bits per heavy atom. The fourth-order valence-electron chi connectivity index (χ4n) is 2.25. The number of hydrogen-bond donors (Lipinski definition) is 2. The number of aromatic nitrogens is 1. The maximum atomic E-state index is 12.0. The molecule has 6 heteroatoms. The summed E-state index contributed by atoms with van der Waals surface area (Å²) in [6.45, 7) is 3.55. The van der Waals surface area contributed by atoms with Crippen molar-refractivity contribution in [3.63, 3.8) is 0 Å². The highest BCUT2D eigenvalue weighted by Crippen LogP contribution is 2.22. The SMILES string of the molecule is Cc1cccn(CC(=O)NC(C)CC(O)c2cccs2)c1=O. The number of aliphatic hydroxyl groups is 1. The predicted molar refractivity (Wildman–Crippen MR) is 86.9 cm³/mol. The zero-order valence-corrected chi connectivity index (χ0v) is 13.5. The number of thiophene rings is 1. The monoisotopic (exact) mass is 320 g/mol. The molecule has 5 nitrogen and oxygen atoms in total. The summed E-state index contributed by atoms with van der Waals surface area (Å²) in [5.41, 5.74) is 0.445. The van der Waals surface area contributed by atoms with Crippen molar-refractivity contribution in [3.05, 3.63) is 56.6 Å². The van der Waals surface area contributed by atoms with Gasteiger partial charge in [0.1, 0.15) is 6.54 Å².